The monoisotopic (exact) mass is 458 g/mol. The van der Waals surface area contributed by atoms with Crippen LogP contribution in [0.5, 0.6) is 5.75 Å². The van der Waals surface area contributed by atoms with E-state index in [1.165, 1.54) is 0 Å². The summed E-state index contributed by atoms with van der Waals surface area (Å²) in [6, 6.07) is 26.9. The van der Waals surface area contributed by atoms with Crippen LogP contribution < -0.4 is 10.1 Å². The Balaban J connectivity index is 1.76. The molecule has 0 spiro atoms. The molecule has 0 aliphatic rings. The van der Waals surface area contributed by atoms with Crippen LogP contribution in [0.3, 0.4) is 0 Å². The Labute approximate surface area is 202 Å². The maximum absolute atomic E-state index is 13.5. The van der Waals surface area contributed by atoms with Gasteiger partial charge >= 0.3 is 0 Å². The Hall–Kier alpha value is -3.60. The smallest absolute Gasteiger partial charge is 0.243 e. The molecule has 2 amide bonds. The lowest BCUT2D eigenvalue weighted by atomic mass is 10.0. The van der Waals surface area contributed by atoms with Crippen LogP contribution in [-0.2, 0) is 22.6 Å². The maximum atomic E-state index is 13.5. The number of aryl methyl sites for hydroxylation is 1. The highest BCUT2D eigenvalue weighted by molar-refractivity contribution is 5.88. The molecule has 1 N–H and O–H groups in total. The average Bonchev–Trinajstić information content (AvgIpc) is 2.86. The van der Waals surface area contributed by atoms with E-state index in [1.807, 2.05) is 98.8 Å². The van der Waals surface area contributed by atoms with Crippen molar-refractivity contribution in [2.24, 2.45) is 0 Å². The first-order valence-electron chi connectivity index (χ1n) is 11.9. The predicted molar refractivity (Wildman–Crippen MR) is 136 cm³/mol. The van der Waals surface area contributed by atoms with Crippen LogP contribution in [0.25, 0.3) is 0 Å². The highest BCUT2D eigenvalue weighted by Crippen LogP contribution is 2.17. The van der Waals surface area contributed by atoms with Crippen molar-refractivity contribution in [3.05, 3.63) is 102 Å². The van der Waals surface area contributed by atoms with Gasteiger partial charge in [0, 0.05) is 25.9 Å². The maximum Gasteiger partial charge on any atom is 0.243 e. The SMILES string of the molecule is CCNC(=O)[C@H](Cc1ccccc1)N(Cc1ccc(C)cc1)C(=O)CCCOc1ccccc1. The molecule has 3 aromatic carbocycles. The highest BCUT2D eigenvalue weighted by Gasteiger charge is 2.29. The van der Waals surface area contributed by atoms with E-state index in [1.54, 1.807) is 4.90 Å². The number of nitrogens with zero attached hydrogens (tertiary/aromatic N) is 1. The molecule has 0 aliphatic heterocycles. The quantitative estimate of drug-likeness (QED) is 0.392. The standard InChI is InChI=1S/C29H34N2O3/c1-3-30-29(33)27(21-24-11-6-4-7-12-24)31(22-25-18-16-23(2)17-19-25)28(32)15-10-20-34-26-13-8-5-9-14-26/h4-9,11-14,16-19,27H,3,10,15,20-22H2,1-2H3,(H,30,33)/t27-/m0/s1. The summed E-state index contributed by atoms with van der Waals surface area (Å²) in [4.78, 5) is 28.3. The number of nitrogens with one attached hydrogen (secondary N) is 1. The molecule has 178 valence electrons. The van der Waals surface area contributed by atoms with Crippen LogP contribution in [0.1, 0.15) is 36.5 Å². The van der Waals surface area contributed by atoms with Crippen LogP contribution in [-0.4, -0.2) is 35.9 Å². The molecule has 0 saturated carbocycles. The summed E-state index contributed by atoms with van der Waals surface area (Å²) in [7, 11) is 0. The third-order valence-electron chi connectivity index (χ3n) is 5.64. The molecule has 1 atom stereocenters. The van der Waals surface area contributed by atoms with Gasteiger partial charge in [0.1, 0.15) is 11.8 Å². The third kappa shape index (κ3) is 7.77. The second kappa shape index (κ2) is 13.2. The van der Waals surface area contributed by atoms with Gasteiger partial charge in [0.05, 0.1) is 6.61 Å². The molecular formula is C29H34N2O3. The number of carbonyl (C=O) groups is 2. The number of carbonyl (C=O) groups excluding carboxylic acids is 2. The number of amides is 2. The number of ether oxygens (including phenoxy) is 1. The van der Waals surface area contributed by atoms with Gasteiger partial charge in [-0.05, 0) is 43.5 Å². The Bertz CT molecular complexity index is 1020. The first kappa shape index (κ1) is 25.0. The fraction of sp³-hybridized carbons (Fsp3) is 0.310. The zero-order chi connectivity index (χ0) is 24.2. The van der Waals surface area contributed by atoms with Gasteiger partial charge in [-0.1, -0.05) is 78.4 Å². The third-order valence-corrected chi connectivity index (χ3v) is 5.64. The molecule has 0 aromatic heterocycles. The number of hydrogen-bond donors (Lipinski definition) is 1. The van der Waals surface area contributed by atoms with E-state index in [0.29, 0.717) is 39.0 Å². The average molecular weight is 459 g/mol. The van der Waals surface area contributed by atoms with Gasteiger partial charge in [0.2, 0.25) is 11.8 Å². The summed E-state index contributed by atoms with van der Waals surface area (Å²) in [6.45, 7) is 5.27. The van der Waals surface area contributed by atoms with E-state index in [9.17, 15) is 9.59 Å². The Kier molecular flexibility index (Phi) is 9.71. The van der Waals surface area contributed by atoms with Gasteiger partial charge in [0.25, 0.3) is 0 Å². The van der Waals surface area contributed by atoms with Crippen LogP contribution >= 0.6 is 0 Å². The molecule has 0 fully saturated rings. The summed E-state index contributed by atoms with van der Waals surface area (Å²) in [5, 5.41) is 2.93. The van der Waals surface area contributed by atoms with Crippen molar-refractivity contribution in [2.75, 3.05) is 13.2 Å². The van der Waals surface area contributed by atoms with Gasteiger partial charge in [-0.25, -0.2) is 0 Å². The Morgan fingerprint density at radius 3 is 2.18 bits per heavy atom. The fourth-order valence-corrected chi connectivity index (χ4v) is 3.81. The van der Waals surface area contributed by atoms with Crippen LogP contribution in [0.4, 0.5) is 0 Å². The largest absolute Gasteiger partial charge is 0.494 e. The topological polar surface area (TPSA) is 58.6 Å². The van der Waals surface area contributed by atoms with Crippen molar-refractivity contribution in [3.63, 3.8) is 0 Å². The van der Waals surface area contributed by atoms with Crippen LogP contribution in [0, 0.1) is 6.92 Å². The molecule has 3 aromatic rings. The molecule has 0 heterocycles. The first-order chi connectivity index (χ1) is 16.6. The first-order valence-corrected chi connectivity index (χ1v) is 11.9. The minimum Gasteiger partial charge on any atom is -0.494 e. The molecule has 5 nitrogen and oxygen atoms in total. The van der Waals surface area contributed by atoms with E-state index < -0.39 is 6.04 Å². The summed E-state index contributed by atoms with van der Waals surface area (Å²) < 4.78 is 5.76. The summed E-state index contributed by atoms with van der Waals surface area (Å²) >= 11 is 0. The van der Waals surface area contributed by atoms with E-state index in [0.717, 1.165) is 22.4 Å². The van der Waals surface area contributed by atoms with Crippen molar-refractivity contribution < 1.29 is 14.3 Å². The molecule has 0 radical (unpaired) electrons. The molecule has 0 aliphatic carbocycles. The summed E-state index contributed by atoms with van der Waals surface area (Å²) in [6.07, 6.45) is 1.35. The van der Waals surface area contributed by atoms with Crippen molar-refractivity contribution in [2.45, 2.75) is 45.7 Å². The molecule has 0 bridgehead atoms. The number of para-hydroxylation sites is 1. The number of hydrogen-bond acceptors (Lipinski definition) is 3. The van der Waals surface area contributed by atoms with Gasteiger partial charge in [-0.3, -0.25) is 9.59 Å². The van der Waals surface area contributed by atoms with E-state index in [2.05, 4.69) is 5.32 Å². The fourth-order valence-electron chi connectivity index (χ4n) is 3.81. The lowest BCUT2D eigenvalue weighted by Crippen LogP contribution is -2.50. The number of benzene rings is 3. The molecule has 34 heavy (non-hydrogen) atoms. The van der Waals surface area contributed by atoms with Crippen molar-refractivity contribution in [1.29, 1.82) is 0 Å². The minimum atomic E-state index is -0.591. The van der Waals surface area contributed by atoms with Crippen LogP contribution in [0.15, 0.2) is 84.9 Å². The molecule has 0 saturated heterocycles. The lowest BCUT2D eigenvalue weighted by Gasteiger charge is -2.31. The summed E-state index contributed by atoms with van der Waals surface area (Å²) in [5.41, 5.74) is 3.18. The van der Waals surface area contributed by atoms with Gasteiger partial charge in [-0.15, -0.1) is 0 Å². The highest BCUT2D eigenvalue weighted by atomic mass is 16.5. The Morgan fingerprint density at radius 2 is 1.53 bits per heavy atom. The van der Waals surface area contributed by atoms with Gasteiger partial charge < -0.3 is 15.0 Å². The van der Waals surface area contributed by atoms with E-state index in [-0.39, 0.29) is 11.8 Å². The lowest BCUT2D eigenvalue weighted by molar-refractivity contribution is -0.141. The van der Waals surface area contributed by atoms with Gasteiger partial charge in [0.15, 0.2) is 0 Å². The second-order valence-corrected chi connectivity index (χ2v) is 8.37. The molecule has 0 unspecified atom stereocenters. The van der Waals surface area contributed by atoms with Gasteiger partial charge in [-0.2, -0.15) is 0 Å². The second-order valence-electron chi connectivity index (χ2n) is 8.37. The van der Waals surface area contributed by atoms with E-state index in [4.69, 9.17) is 4.74 Å². The zero-order valence-corrected chi connectivity index (χ0v) is 20.1. The molecular weight excluding hydrogens is 424 g/mol. The molecule has 3 rings (SSSR count). The number of rotatable bonds is 12. The minimum absolute atomic E-state index is 0.0515. The molecule has 5 heteroatoms. The normalized spacial score (nSPS) is 11.5. The van der Waals surface area contributed by atoms with Crippen molar-refractivity contribution in [1.82, 2.24) is 10.2 Å². The zero-order valence-electron chi connectivity index (χ0n) is 20.1. The Morgan fingerprint density at radius 1 is 0.882 bits per heavy atom. The predicted octanol–water partition coefficient (Wildman–Crippen LogP) is 4.93. The van der Waals surface area contributed by atoms with Crippen LogP contribution in [0.2, 0.25) is 0 Å². The van der Waals surface area contributed by atoms with Crippen molar-refractivity contribution in [3.8, 4) is 5.75 Å². The van der Waals surface area contributed by atoms with E-state index >= 15 is 0 Å². The van der Waals surface area contributed by atoms with Crippen molar-refractivity contribution >= 4 is 11.8 Å². The summed E-state index contributed by atoms with van der Waals surface area (Å²) in [5.74, 6) is 0.604. The number of likely N-dealkylation sites (N-methyl/N-ethyl adjacent to an activating group) is 1.